The Kier molecular flexibility index (Phi) is 6.81. The van der Waals surface area contributed by atoms with Gasteiger partial charge in [-0.05, 0) is 86.2 Å². The standard InChI is InChI=1S/C29H31FN2O4/c1-3-31(4-2)29(34)26-14-13-24(36-26)18-35-23-12-9-19-15-16-32(28(33)21-5-6-21)27(25(19)17-23)20-7-10-22(30)11-8-20/h7-14,17,21,27H,3-6,15-16,18H2,1-2H3. The topological polar surface area (TPSA) is 63.0 Å². The van der Waals surface area contributed by atoms with E-state index in [1.54, 1.807) is 29.2 Å². The second-order valence-corrected chi connectivity index (χ2v) is 9.40. The number of furan rings is 1. The van der Waals surface area contributed by atoms with Gasteiger partial charge in [0, 0.05) is 25.6 Å². The predicted molar refractivity (Wildman–Crippen MR) is 133 cm³/mol. The SMILES string of the molecule is CCN(CC)C(=O)c1ccc(COc2ccc3c(c2)C(c2ccc(F)cc2)N(C(=O)C2CC2)CC3)o1. The number of fused-ring (bicyclic) bond motifs is 1. The predicted octanol–water partition coefficient (Wildman–Crippen LogP) is 5.36. The molecule has 0 N–H and O–H groups in total. The summed E-state index contributed by atoms with van der Waals surface area (Å²) < 4.78 is 25.5. The van der Waals surface area contributed by atoms with E-state index < -0.39 is 0 Å². The third-order valence-corrected chi connectivity index (χ3v) is 7.05. The Bertz CT molecular complexity index is 1240. The van der Waals surface area contributed by atoms with E-state index in [0.29, 0.717) is 36.9 Å². The molecule has 0 bridgehead atoms. The number of halogens is 1. The van der Waals surface area contributed by atoms with Gasteiger partial charge >= 0.3 is 0 Å². The van der Waals surface area contributed by atoms with E-state index in [2.05, 4.69) is 0 Å². The zero-order chi connectivity index (χ0) is 25.2. The van der Waals surface area contributed by atoms with Crippen LogP contribution in [0.4, 0.5) is 4.39 Å². The third-order valence-electron chi connectivity index (χ3n) is 7.05. The van der Waals surface area contributed by atoms with Gasteiger partial charge in [0.25, 0.3) is 5.91 Å². The maximum absolute atomic E-state index is 13.7. The lowest BCUT2D eigenvalue weighted by molar-refractivity contribution is -0.134. The number of hydrogen-bond donors (Lipinski definition) is 0. The molecule has 5 rings (SSSR count). The van der Waals surface area contributed by atoms with E-state index in [9.17, 15) is 14.0 Å². The number of rotatable bonds is 8. The van der Waals surface area contributed by atoms with E-state index in [1.165, 1.54) is 12.1 Å². The van der Waals surface area contributed by atoms with Gasteiger partial charge in [-0.3, -0.25) is 9.59 Å². The maximum Gasteiger partial charge on any atom is 0.289 e. The Hall–Kier alpha value is -3.61. The van der Waals surface area contributed by atoms with Crippen molar-refractivity contribution in [1.82, 2.24) is 9.80 Å². The first-order valence-electron chi connectivity index (χ1n) is 12.7. The average molecular weight is 491 g/mol. The van der Waals surface area contributed by atoms with Gasteiger partial charge in [-0.15, -0.1) is 0 Å². The van der Waals surface area contributed by atoms with Crippen LogP contribution in [0.2, 0.25) is 0 Å². The lowest BCUT2D eigenvalue weighted by Crippen LogP contribution is -2.41. The molecule has 1 atom stereocenters. The summed E-state index contributed by atoms with van der Waals surface area (Å²) in [6.45, 7) is 5.92. The van der Waals surface area contributed by atoms with Crippen LogP contribution < -0.4 is 4.74 Å². The monoisotopic (exact) mass is 490 g/mol. The van der Waals surface area contributed by atoms with Crippen molar-refractivity contribution in [1.29, 1.82) is 0 Å². The van der Waals surface area contributed by atoms with Crippen LogP contribution in [0.15, 0.2) is 59.0 Å². The van der Waals surface area contributed by atoms with Crippen molar-refractivity contribution in [2.45, 2.75) is 45.8 Å². The van der Waals surface area contributed by atoms with E-state index in [1.807, 2.05) is 36.9 Å². The highest BCUT2D eigenvalue weighted by molar-refractivity contribution is 5.91. The van der Waals surface area contributed by atoms with Crippen LogP contribution in [-0.4, -0.2) is 41.2 Å². The number of amides is 2. The molecule has 7 heteroatoms. The van der Waals surface area contributed by atoms with Gasteiger partial charge in [0.1, 0.15) is 23.9 Å². The van der Waals surface area contributed by atoms with Crippen molar-refractivity contribution in [3.05, 3.63) is 88.6 Å². The number of hydrogen-bond acceptors (Lipinski definition) is 4. The Balaban J connectivity index is 1.38. The summed E-state index contributed by atoms with van der Waals surface area (Å²) in [4.78, 5) is 29.3. The number of ether oxygens (including phenoxy) is 1. The van der Waals surface area contributed by atoms with Gasteiger partial charge < -0.3 is 19.0 Å². The highest BCUT2D eigenvalue weighted by Gasteiger charge is 2.39. The average Bonchev–Trinajstić information content (AvgIpc) is 3.64. The highest BCUT2D eigenvalue weighted by Crippen LogP contribution is 2.41. The Morgan fingerprint density at radius 3 is 2.50 bits per heavy atom. The highest BCUT2D eigenvalue weighted by atomic mass is 19.1. The minimum absolute atomic E-state index is 0.0983. The van der Waals surface area contributed by atoms with E-state index in [4.69, 9.17) is 9.15 Å². The van der Waals surface area contributed by atoms with Gasteiger partial charge in [0.05, 0.1) is 6.04 Å². The number of nitrogens with zero attached hydrogens (tertiary/aromatic N) is 2. The largest absolute Gasteiger partial charge is 0.486 e. The second-order valence-electron chi connectivity index (χ2n) is 9.40. The number of benzene rings is 2. The molecule has 0 radical (unpaired) electrons. The van der Waals surface area contributed by atoms with Crippen molar-refractivity contribution in [3.63, 3.8) is 0 Å². The van der Waals surface area contributed by atoms with Gasteiger partial charge in [0.2, 0.25) is 5.91 Å². The first kappa shape index (κ1) is 24.1. The molecule has 1 aliphatic heterocycles. The lowest BCUT2D eigenvalue weighted by atomic mass is 9.87. The summed E-state index contributed by atoms with van der Waals surface area (Å²) in [6, 6.07) is 15.5. The fourth-order valence-corrected chi connectivity index (χ4v) is 4.88. The summed E-state index contributed by atoms with van der Waals surface area (Å²) in [5, 5.41) is 0. The van der Waals surface area contributed by atoms with Crippen molar-refractivity contribution in [2.24, 2.45) is 5.92 Å². The molecule has 1 saturated carbocycles. The molecule has 1 fully saturated rings. The molecule has 1 aromatic heterocycles. The fraction of sp³-hybridized carbons (Fsp3) is 0.379. The fourth-order valence-electron chi connectivity index (χ4n) is 4.88. The Morgan fingerprint density at radius 1 is 1.06 bits per heavy atom. The maximum atomic E-state index is 13.7. The first-order chi connectivity index (χ1) is 17.5. The summed E-state index contributed by atoms with van der Waals surface area (Å²) in [6.07, 6.45) is 2.63. The van der Waals surface area contributed by atoms with Crippen LogP contribution in [0.25, 0.3) is 0 Å². The smallest absolute Gasteiger partial charge is 0.289 e. The first-order valence-corrected chi connectivity index (χ1v) is 12.7. The molecule has 1 aliphatic carbocycles. The summed E-state index contributed by atoms with van der Waals surface area (Å²) >= 11 is 0. The lowest BCUT2D eigenvalue weighted by Gasteiger charge is -2.38. The molecule has 2 amide bonds. The quantitative estimate of drug-likeness (QED) is 0.426. The van der Waals surface area contributed by atoms with Crippen molar-refractivity contribution in [2.75, 3.05) is 19.6 Å². The molecule has 0 saturated heterocycles. The molecular weight excluding hydrogens is 459 g/mol. The molecular formula is C29H31FN2O4. The van der Waals surface area contributed by atoms with E-state index in [-0.39, 0.29) is 36.2 Å². The zero-order valence-corrected chi connectivity index (χ0v) is 20.7. The molecule has 6 nitrogen and oxygen atoms in total. The summed E-state index contributed by atoms with van der Waals surface area (Å²) in [7, 11) is 0. The van der Waals surface area contributed by atoms with Crippen LogP contribution in [0.5, 0.6) is 5.75 Å². The van der Waals surface area contributed by atoms with Crippen LogP contribution in [0.1, 0.15) is 65.7 Å². The molecule has 2 aromatic carbocycles. The second kappa shape index (κ2) is 10.2. The molecule has 3 aromatic rings. The van der Waals surface area contributed by atoms with Gasteiger partial charge in [-0.2, -0.15) is 0 Å². The minimum Gasteiger partial charge on any atom is -0.486 e. The van der Waals surface area contributed by atoms with Crippen LogP contribution >= 0.6 is 0 Å². The molecule has 2 aliphatic rings. The minimum atomic E-state index is -0.302. The Morgan fingerprint density at radius 2 is 1.81 bits per heavy atom. The van der Waals surface area contributed by atoms with Gasteiger partial charge in [0.15, 0.2) is 5.76 Å². The number of carbonyl (C=O) groups is 2. The van der Waals surface area contributed by atoms with Crippen molar-refractivity contribution < 1.29 is 23.1 Å². The molecule has 188 valence electrons. The van der Waals surface area contributed by atoms with Crippen LogP contribution in [0, 0.1) is 11.7 Å². The number of carbonyl (C=O) groups excluding carboxylic acids is 2. The molecule has 2 heterocycles. The molecule has 1 unspecified atom stereocenters. The van der Waals surface area contributed by atoms with Crippen LogP contribution in [0.3, 0.4) is 0 Å². The van der Waals surface area contributed by atoms with Gasteiger partial charge in [-0.25, -0.2) is 4.39 Å². The third kappa shape index (κ3) is 4.87. The van der Waals surface area contributed by atoms with Crippen molar-refractivity contribution >= 4 is 11.8 Å². The van der Waals surface area contributed by atoms with Crippen molar-refractivity contribution in [3.8, 4) is 5.75 Å². The van der Waals surface area contributed by atoms with E-state index in [0.717, 1.165) is 36.0 Å². The van der Waals surface area contributed by atoms with Gasteiger partial charge in [-0.1, -0.05) is 18.2 Å². The van der Waals surface area contributed by atoms with Crippen LogP contribution in [-0.2, 0) is 17.8 Å². The Labute approximate surface area is 210 Å². The normalized spacial score (nSPS) is 17.0. The van der Waals surface area contributed by atoms with E-state index >= 15 is 0 Å². The summed E-state index contributed by atoms with van der Waals surface area (Å²) in [5.41, 5.74) is 3.03. The molecule has 0 spiro atoms. The zero-order valence-electron chi connectivity index (χ0n) is 20.7. The summed E-state index contributed by atoms with van der Waals surface area (Å²) in [5.74, 6) is 1.34. The molecule has 36 heavy (non-hydrogen) atoms.